The Hall–Kier alpha value is -3.12. The lowest BCUT2D eigenvalue weighted by Gasteiger charge is -2.47. The number of methoxy groups -OCH3 is 1. The zero-order valence-electron chi connectivity index (χ0n) is 36.7. The molecule has 0 bridgehead atoms. The number of ether oxygens (including phenoxy) is 3. The summed E-state index contributed by atoms with van der Waals surface area (Å²) in [5, 5.41) is 43.3. The van der Waals surface area contributed by atoms with Crippen LogP contribution in [0.2, 0.25) is 0 Å². The van der Waals surface area contributed by atoms with Gasteiger partial charge >= 0.3 is 5.97 Å². The normalized spacial score (nSPS) is 35.7. The Balaban J connectivity index is 1.51. The number of aliphatic hydroxyl groups is 3. The van der Waals surface area contributed by atoms with Gasteiger partial charge in [0.25, 0.3) is 0 Å². The van der Waals surface area contributed by atoms with Gasteiger partial charge in [-0.1, -0.05) is 52.0 Å². The molecule has 59 heavy (non-hydrogen) atoms. The molecule has 1 unspecified atom stereocenters. The lowest BCUT2D eigenvalue weighted by Crippen LogP contribution is -2.59. The summed E-state index contributed by atoms with van der Waals surface area (Å²) in [6.07, 6.45) is 0.286. The molecule has 2 heterocycles. The van der Waals surface area contributed by atoms with E-state index < -0.39 is 87.0 Å². The van der Waals surface area contributed by atoms with E-state index in [4.69, 9.17) is 14.2 Å². The summed E-state index contributed by atoms with van der Waals surface area (Å²) < 4.78 is 44.0. The van der Waals surface area contributed by atoms with Crippen molar-refractivity contribution in [1.29, 1.82) is 0 Å². The Kier molecular flexibility index (Phi) is 16.2. The van der Waals surface area contributed by atoms with E-state index in [0.717, 1.165) is 11.3 Å². The van der Waals surface area contributed by atoms with Crippen molar-refractivity contribution >= 4 is 27.4 Å². The van der Waals surface area contributed by atoms with E-state index in [2.05, 4.69) is 22.1 Å². The standard InChI is InChI=1S/C43H68N4O11S/c1-12-35-43(8,53)39(51)27(4)36(48)26(3)23-42(7,56-10)40(28(5)37(49)29(6)41(52)58-35)57-34-22-25(2)21-33(38(34)50)46(9)19-18-31-24-47(45-44-31)20-17-30-13-15-32(16-14-30)59(11,54)55/h13-16,24-29,33-35,38-40,50-51,53H,12,17-23H2,1-11H3/t25-,26-,27+,28+,29-,33+,34-,35-,38?,39-,40-,42-,43-/m1/s1. The molecular formula is C43H68N4O11S. The highest BCUT2D eigenvalue weighted by Gasteiger charge is 2.51. The van der Waals surface area contributed by atoms with Crippen molar-refractivity contribution in [2.45, 2.75) is 153 Å². The number of benzene rings is 1. The SMILES string of the molecule is CC[C@H]1OC(=O)[C@H](C)C(=O)[C@H](C)[C@@H](O[C@@H]2C[C@H](C)C[C@H](N(C)CCc3cn(CCc4ccc(S(C)(=O)=O)cc4)nn3)C2O)[C@](C)(OC)C[C@@H](C)C(=O)[C@H](C)[C@@H](O)[C@]1(C)O. The first-order valence-corrected chi connectivity index (χ1v) is 22.8. The summed E-state index contributed by atoms with van der Waals surface area (Å²) in [6.45, 7) is 14.4. The third kappa shape index (κ3) is 11.4. The number of sulfone groups is 1. The molecule has 13 atom stereocenters. The van der Waals surface area contributed by atoms with Gasteiger partial charge in [0, 0.05) is 62.9 Å². The summed E-state index contributed by atoms with van der Waals surface area (Å²) in [4.78, 5) is 43.9. The first-order chi connectivity index (χ1) is 27.4. The van der Waals surface area contributed by atoms with E-state index >= 15 is 0 Å². The second kappa shape index (κ2) is 19.7. The molecule has 3 N–H and O–H groups in total. The minimum atomic E-state index is -3.26. The topological polar surface area (TPSA) is 208 Å². The monoisotopic (exact) mass is 848 g/mol. The molecule has 0 spiro atoms. The number of ketones is 2. The van der Waals surface area contributed by atoms with Gasteiger partial charge in [0.15, 0.2) is 15.6 Å². The van der Waals surface area contributed by atoms with Gasteiger partial charge in [-0.25, -0.2) is 8.42 Å². The third-order valence-corrected chi connectivity index (χ3v) is 14.1. The number of rotatable bonds is 12. The van der Waals surface area contributed by atoms with Crippen molar-refractivity contribution in [3.05, 3.63) is 41.7 Å². The number of carbonyl (C=O) groups is 3. The van der Waals surface area contributed by atoms with Crippen LogP contribution in [0.3, 0.4) is 0 Å². The number of cyclic esters (lactones) is 1. The smallest absolute Gasteiger partial charge is 0.316 e. The Bertz CT molecular complexity index is 1850. The van der Waals surface area contributed by atoms with Gasteiger partial charge in [-0.2, -0.15) is 0 Å². The summed E-state index contributed by atoms with van der Waals surface area (Å²) in [7, 11) is 0.156. The molecular weight excluding hydrogens is 781 g/mol. The van der Waals surface area contributed by atoms with Crippen LogP contribution in [0.4, 0.5) is 0 Å². The fourth-order valence-electron chi connectivity index (χ4n) is 9.00. The van der Waals surface area contributed by atoms with Gasteiger partial charge < -0.3 is 34.4 Å². The molecule has 15 nitrogen and oxygen atoms in total. The van der Waals surface area contributed by atoms with Crippen molar-refractivity contribution in [3.8, 4) is 0 Å². The highest BCUT2D eigenvalue weighted by Crippen LogP contribution is 2.39. The Labute approximate surface area is 350 Å². The Morgan fingerprint density at radius 2 is 1.63 bits per heavy atom. The van der Waals surface area contributed by atoms with Gasteiger partial charge in [0.05, 0.1) is 40.6 Å². The largest absolute Gasteiger partial charge is 0.459 e. The number of Topliss-reactive ketones (excluding diaryl/α,β-unsaturated/α-hetero) is 2. The first kappa shape index (κ1) is 48.5. The number of aliphatic hydroxyl groups excluding tert-OH is 2. The molecule has 1 aromatic carbocycles. The summed E-state index contributed by atoms with van der Waals surface area (Å²) >= 11 is 0. The van der Waals surface area contributed by atoms with Crippen LogP contribution in [0.1, 0.15) is 92.3 Å². The van der Waals surface area contributed by atoms with Crippen molar-refractivity contribution in [1.82, 2.24) is 19.9 Å². The van der Waals surface area contributed by atoms with Crippen molar-refractivity contribution in [3.63, 3.8) is 0 Å². The second-order valence-electron chi connectivity index (χ2n) is 17.8. The number of esters is 1. The van der Waals surface area contributed by atoms with Crippen LogP contribution in [0, 0.1) is 29.6 Å². The molecule has 2 aliphatic rings. The quantitative estimate of drug-likeness (QED) is 0.207. The molecule has 2 fully saturated rings. The maximum absolute atomic E-state index is 14.2. The maximum atomic E-state index is 14.2. The van der Waals surface area contributed by atoms with Crippen LogP contribution in [0.15, 0.2) is 35.4 Å². The average Bonchev–Trinajstić information content (AvgIpc) is 3.66. The molecule has 0 amide bonds. The van der Waals surface area contributed by atoms with Crippen molar-refractivity contribution in [2.24, 2.45) is 29.6 Å². The van der Waals surface area contributed by atoms with Crippen molar-refractivity contribution in [2.75, 3.05) is 27.0 Å². The zero-order valence-corrected chi connectivity index (χ0v) is 37.5. The van der Waals surface area contributed by atoms with Crippen LogP contribution >= 0.6 is 0 Å². The van der Waals surface area contributed by atoms with Gasteiger partial charge in [-0.3, -0.25) is 19.1 Å². The molecule has 16 heteroatoms. The number of carbonyl (C=O) groups excluding carboxylic acids is 3. The molecule has 1 aliphatic heterocycles. The average molecular weight is 849 g/mol. The molecule has 1 aliphatic carbocycles. The fraction of sp³-hybridized carbons (Fsp3) is 0.744. The van der Waals surface area contributed by atoms with E-state index in [1.54, 1.807) is 56.6 Å². The molecule has 1 saturated carbocycles. The summed E-state index contributed by atoms with van der Waals surface area (Å²) in [6, 6.07) is 6.50. The highest BCUT2D eigenvalue weighted by atomic mass is 32.2. The number of aryl methyl sites for hydroxylation is 2. The lowest BCUT2D eigenvalue weighted by molar-refractivity contribution is -0.208. The van der Waals surface area contributed by atoms with E-state index in [-0.39, 0.29) is 35.5 Å². The molecule has 1 aromatic heterocycles. The van der Waals surface area contributed by atoms with E-state index in [1.807, 2.05) is 13.2 Å². The summed E-state index contributed by atoms with van der Waals surface area (Å²) in [5.41, 5.74) is -1.47. The minimum Gasteiger partial charge on any atom is -0.459 e. The number of aromatic nitrogens is 3. The van der Waals surface area contributed by atoms with Crippen LogP contribution in [-0.2, 0) is 57.8 Å². The predicted octanol–water partition coefficient (Wildman–Crippen LogP) is 3.24. The molecule has 0 radical (unpaired) electrons. The Morgan fingerprint density at radius 3 is 2.22 bits per heavy atom. The van der Waals surface area contributed by atoms with E-state index in [0.29, 0.717) is 38.8 Å². The van der Waals surface area contributed by atoms with Crippen molar-refractivity contribution < 1.29 is 52.3 Å². The number of hydrogen-bond acceptors (Lipinski definition) is 14. The van der Waals surface area contributed by atoms with Crippen LogP contribution in [0.25, 0.3) is 0 Å². The third-order valence-electron chi connectivity index (χ3n) is 13.0. The second-order valence-corrected chi connectivity index (χ2v) is 19.8. The van der Waals surface area contributed by atoms with Gasteiger partial charge in [0.1, 0.15) is 23.4 Å². The highest BCUT2D eigenvalue weighted by molar-refractivity contribution is 7.90. The van der Waals surface area contributed by atoms with E-state index in [9.17, 15) is 38.1 Å². The molecule has 1 saturated heterocycles. The van der Waals surface area contributed by atoms with Gasteiger partial charge in [0.2, 0.25) is 0 Å². The van der Waals surface area contributed by atoms with E-state index in [1.165, 1.54) is 34.1 Å². The van der Waals surface area contributed by atoms with Crippen LogP contribution in [0.5, 0.6) is 0 Å². The summed E-state index contributed by atoms with van der Waals surface area (Å²) in [5.74, 6) is -5.45. The number of nitrogens with zero attached hydrogens (tertiary/aromatic N) is 4. The minimum absolute atomic E-state index is 0.0949. The van der Waals surface area contributed by atoms with Crippen LogP contribution in [-0.4, -0.2) is 136 Å². The van der Waals surface area contributed by atoms with Crippen LogP contribution < -0.4 is 0 Å². The molecule has 332 valence electrons. The Morgan fingerprint density at radius 1 is 0.983 bits per heavy atom. The van der Waals surface area contributed by atoms with Gasteiger partial charge in [-0.15, -0.1) is 5.10 Å². The predicted molar refractivity (Wildman–Crippen MR) is 220 cm³/mol. The first-order valence-electron chi connectivity index (χ1n) is 20.9. The number of hydrogen-bond donors (Lipinski definition) is 3. The maximum Gasteiger partial charge on any atom is 0.316 e. The molecule has 2 aromatic rings. The molecule has 4 rings (SSSR count). The van der Waals surface area contributed by atoms with Gasteiger partial charge in [-0.05, 0) is 83.5 Å². The zero-order chi connectivity index (χ0) is 44.2. The number of likely N-dealkylation sites (N-methyl/N-ethyl adjacent to an activating group) is 1. The lowest BCUT2D eigenvalue weighted by atomic mass is 9.74. The fourth-order valence-corrected chi connectivity index (χ4v) is 9.63.